The maximum Gasteiger partial charge on any atom is 0.309 e. The van der Waals surface area contributed by atoms with E-state index in [1.807, 2.05) is 30.3 Å². The molecule has 0 aliphatic carbocycles. The fourth-order valence-electron chi connectivity index (χ4n) is 1.74. The summed E-state index contributed by atoms with van der Waals surface area (Å²) in [5, 5.41) is 18.2. The first-order valence-electron chi connectivity index (χ1n) is 5.56. The number of hydrogen-bond donors (Lipinski definition) is 2. The summed E-state index contributed by atoms with van der Waals surface area (Å²) in [7, 11) is 0. The van der Waals surface area contributed by atoms with Crippen molar-refractivity contribution in [2.24, 2.45) is 5.92 Å². The van der Waals surface area contributed by atoms with Crippen LogP contribution in [0.4, 0.5) is 0 Å². The van der Waals surface area contributed by atoms with Crippen molar-refractivity contribution in [1.82, 2.24) is 0 Å². The number of benzene rings is 1. The van der Waals surface area contributed by atoms with E-state index in [-0.39, 0.29) is 0 Å². The monoisotopic (exact) mass is 222 g/mol. The number of aliphatic carboxylic acids is 1. The zero-order chi connectivity index (χ0) is 12.0. The van der Waals surface area contributed by atoms with Gasteiger partial charge in [0.05, 0.1) is 12.0 Å². The summed E-state index contributed by atoms with van der Waals surface area (Å²) in [4.78, 5) is 10.8. The summed E-state index contributed by atoms with van der Waals surface area (Å²) in [6.45, 7) is 1.53. The normalized spacial score (nSPS) is 14.4. The quantitative estimate of drug-likeness (QED) is 0.774. The molecule has 88 valence electrons. The Morgan fingerprint density at radius 1 is 1.31 bits per heavy atom. The smallest absolute Gasteiger partial charge is 0.309 e. The molecule has 2 atom stereocenters. The van der Waals surface area contributed by atoms with Crippen LogP contribution in [0.25, 0.3) is 0 Å². The van der Waals surface area contributed by atoms with Crippen molar-refractivity contribution in [3.8, 4) is 0 Å². The van der Waals surface area contributed by atoms with Gasteiger partial charge >= 0.3 is 5.97 Å². The summed E-state index contributed by atoms with van der Waals surface area (Å²) >= 11 is 0. The number of aliphatic hydroxyl groups excluding tert-OH is 1. The van der Waals surface area contributed by atoms with Gasteiger partial charge in [-0.1, -0.05) is 30.3 Å². The minimum Gasteiger partial charge on any atom is -0.481 e. The second-order valence-electron chi connectivity index (χ2n) is 4.06. The summed E-state index contributed by atoms with van der Waals surface area (Å²) in [5.74, 6) is -1.56. The fourth-order valence-corrected chi connectivity index (χ4v) is 1.74. The Bertz CT molecular complexity index is 319. The number of carboxylic acid groups (broad SMARTS) is 1. The van der Waals surface area contributed by atoms with Crippen LogP contribution in [0.1, 0.15) is 25.3 Å². The van der Waals surface area contributed by atoms with Crippen LogP contribution in [-0.2, 0) is 11.2 Å². The molecular weight excluding hydrogens is 204 g/mol. The Kier molecular flexibility index (Phi) is 4.99. The van der Waals surface area contributed by atoms with Crippen LogP contribution in [0.2, 0.25) is 0 Å². The molecule has 1 aromatic rings. The number of carboxylic acids is 1. The van der Waals surface area contributed by atoms with E-state index in [0.717, 1.165) is 12.8 Å². The molecular formula is C13H18O3. The molecule has 0 radical (unpaired) electrons. The van der Waals surface area contributed by atoms with Crippen molar-refractivity contribution in [2.75, 3.05) is 0 Å². The largest absolute Gasteiger partial charge is 0.481 e. The van der Waals surface area contributed by atoms with Gasteiger partial charge < -0.3 is 10.2 Å². The van der Waals surface area contributed by atoms with Crippen molar-refractivity contribution in [3.05, 3.63) is 35.9 Å². The average molecular weight is 222 g/mol. The van der Waals surface area contributed by atoms with Gasteiger partial charge in [-0.05, 0) is 31.7 Å². The highest BCUT2D eigenvalue weighted by molar-refractivity contribution is 5.70. The third kappa shape index (κ3) is 4.03. The zero-order valence-electron chi connectivity index (χ0n) is 9.47. The van der Waals surface area contributed by atoms with E-state index >= 15 is 0 Å². The summed E-state index contributed by atoms with van der Waals surface area (Å²) < 4.78 is 0. The Morgan fingerprint density at radius 3 is 2.44 bits per heavy atom. The first-order chi connectivity index (χ1) is 7.61. The molecule has 0 fully saturated rings. The molecule has 3 heteroatoms. The number of aryl methyl sites for hydroxylation is 1. The van der Waals surface area contributed by atoms with Gasteiger partial charge in [0, 0.05) is 0 Å². The lowest BCUT2D eigenvalue weighted by molar-refractivity contribution is -0.145. The van der Waals surface area contributed by atoms with Crippen LogP contribution in [0.15, 0.2) is 30.3 Å². The molecule has 1 rings (SSSR count). The minimum atomic E-state index is -0.914. The molecule has 0 aromatic heterocycles. The molecule has 0 spiro atoms. The van der Waals surface area contributed by atoms with Crippen LogP contribution in [0.3, 0.4) is 0 Å². The minimum absolute atomic E-state index is 0.516. The first-order valence-corrected chi connectivity index (χ1v) is 5.56. The van der Waals surface area contributed by atoms with Crippen LogP contribution < -0.4 is 0 Å². The second-order valence-corrected chi connectivity index (χ2v) is 4.06. The van der Waals surface area contributed by atoms with Crippen molar-refractivity contribution >= 4 is 5.97 Å². The molecule has 0 aliphatic rings. The molecule has 0 aliphatic heterocycles. The number of aliphatic hydroxyl groups is 1. The number of hydrogen-bond acceptors (Lipinski definition) is 2. The lowest BCUT2D eigenvalue weighted by Crippen LogP contribution is -2.25. The molecule has 0 bridgehead atoms. The van der Waals surface area contributed by atoms with Crippen LogP contribution in [-0.4, -0.2) is 22.3 Å². The summed E-state index contributed by atoms with van der Waals surface area (Å²) in [6, 6.07) is 9.95. The lowest BCUT2D eigenvalue weighted by Gasteiger charge is -2.14. The van der Waals surface area contributed by atoms with Gasteiger partial charge in [-0.15, -0.1) is 0 Å². The molecule has 3 nitrogen and oxygen atoms in total. The maximum absolute atomic E-state index is 10.8. The van der Waals surface area contributed by atoms with Crippen LogP contribution in [0, 0.1) is 5.92 Å². The Morgan fingerprint density at radius 2 is 1.94 bits per heavy atom. The van der Waals surface area contributed by atoms with Crippen molar-refractivity contribution in [2.45, 2.75) is 32.3 Å². The molecule has 0 unspecified atom stereocenters. The average Bonchev–Trinajstić information content (AvgIpc) is 2.24. The third-order valence-electron chi connectivity index (χ3n) is 2.72. The van der Waals surface area contributed by atoms with E-state index in [0.29, 0.717) is 6.42 Å². The van der Waals surface area contributed by atoms with Crippen LogP contribution in [0.5, 0.6) is 0 Å². The Balaban J connectivity index is 2.37. The molecule has 16 heavy (non-hydrogen) atoms. The predicted molar refractivity (Wildman–Crippen MR) is 62.2 cm³/mol. The topological polar surface area (TPSA) is 57.5 Å². The number of rotatable bonds is 6. The lowest BCUT2D eigenvalue weighted by atomic mass is 9.95. The molecule has 0 amide bonds. The van der Waals surface area contributed by atoms with E-state index in [1.54, 1.807) is 0 Å². The zero-order valence-corrected chi connectivity index (χ0v) is 9.47. The standard InChI is InChI=1S/C13H18O3/c1-10(14)12(13(15)16)9-5-8-11-6-3-2-4-7-11/h2-4,6-7,10,12,14H,5,8-9H2,1H3,(H,15,16)/t10-,12-/m1/s1. The first kappa shape index (κ1) is 12.7. The Hall–Kier alpha value is -1.35. The predicted octanol–water partition coefficient (Wildman–Crippen LogP) is 2.09. The second kappa shape index (κ2) is 6.28. The van der Waals surface area contributed by atoms with Crippen molar-refractivity contribution in [1.29, 1.82) is 0 Å². The molecule has 0 saturated carbocycles. The fraction of sp³-hybridized carbons (Fsp3) is 0.462. The van der Waals surface area contributed by atoms with Crippen LogP contribution >= 0.6 is 0 Å². The Labute approximate surface area is 95.7 Å². The molecule has 1 aromatic carbocycles. The van der Waals surface area contributed by atoms with E-state index in [4.69, 9.17) is 5.11 Å². The number of carbonyl (C=O) groups is 1. The molecule has 2 N–H and O–H groups in total. The van der Waals surface area contributed by atoms with E-state index in [2.05, 4.69) is 0 Å². The SMILES string of the molecule is C[C@@H](O)[C@@H](CCCc1ccccc1)C(=O)O. The van der Waals surface area contributed by atoms with Gasteiger partial charge in [0.1, 0.15) is 0 Å². The van der Waals surface area contributed by atoms with E-state index in [1.165, 1.54) is 12.5 Å². The van der Waals surface area contributed by atoms with E-state index < -0.39 is 18.0 Å². The molecule has 0 heterocycles. The molecule has 0 saturated heterocycles. The summed E-state index contributed by atoms with van der Waals surface area (Å²) in [5.41, 5.74) is 1.21. The maximum atomic E-state index is 10.8. The van der Waals surface area contributed by atoms with Crippen molar-refractivity contribution in [3.63, 3.8) is 0 Å². The highest BCUT2D eigenvalue weighted by Gasteiger charge is 2.22. The van der Waals surface area contributed by atoms with Crippen molar-refractivity contribution < 1.29 is 15.0 Å². The highest BCUT2D eigenvalue weighted by Crippen LogP contribution is 2.14. The van der Waals surface area contributed by atoms with Gasteiger partial charge in [-0.2, -0.15) is 0 Å². The van der Waals surface area contributed by atoms with Gasteiger partial charge in [-0.25, -0.2) is 0 Å². The van der Waals surface area contributed by atoms with E-state index in [9.17, 15) is 9.90 Å². The summed E-state index contributed by atoms with van der Waals surface area (Å²) in [6.07, 6.45) is 1.37. The van der Waals surface area contributed by atoms with Gasteiger partial charge in [-0.3, -0.25) is 4.79 Å². The highest BCUT2D eigenvalue weighted by atomic mass is 16.4. The third-order valence-corrected chi connectivity index (χ3v) is 2.72. The van der Waals surface area contributed by atoms with Gasteiger partial charge in [0.15, 0.2) is 0 Å². The van der Waals surface area contributed by atoms with Gasteiger partial charge in [0.2, 0.25) is 0 Å². The van der Waals surface area contributed by atoms with Gasteiger partial charge in [0.25, 0.3) is 0 Å².